The Morgan fingerprint density at radius 1 is 1.17 bits per heavy atom. The molecule has 3 nitrogen and oxygen atoms in total. The van der Waals surface area contributed by atoms with E-state index < -0.39 is 0 Å². The first kappa shape index (κ1) is 16.9. The lowest BCUT2D eigenvalue weighted by Gasteiger charge is -2.19. The second kappa shape index (κ2) is 7.77. The van der Waals surface area contributed by atoms with E-state index >= 15 is 0 Å². The van der Waals surface area contributed by atoms with Crippen LogP contribution in [0.25, 0.3) is 10.9 Å². The van der Waals surface area contributed by atoms with Gasteiger partial charge in [0.2, 0.25) is 5.91 Å². The van der Waals surface area contributed by atoms with Crippen molar-refractivity contribution in [1.82, 2.24) is 10.3 Å². The Hall–Kier alpha value is -1.91. The quantitative estimate of drug-likeness (QED) is 0.684. The van der Waals surface area contributed by atoms with Crippen LogP contribution < -0.4 is 5.32 Å². The molecule has 0 bridgehead atoms. The zero-order valence-electron chi connectivity index (χ0n) is 13.4. The molecule has 24 heavy (non-hydrogen) atoms. The SMILES string of the molecule is CSCC(=O)NC[C@H](c1ccccc1Cl)c1c[nH]c2ccccc12. The highest BCUT2D eigenvalue weighted by Crippen LogP contribution is 2.34. The number of H-pyrrole nitrogens is 1. The standard InChI is InChI=1S/C19H19ClN2OS/c1-24-12-19(23)22-11-15(13-6-2-4-8-17(13)20)16-10-21-18-9-5-3-7-14(16)18/h2-10,15,21H,11-12H2,1H3,(H,22,23)/t15-/m1/s1. The molecule has 5 heteroatoms. The number of halogens is 1. The fourth-order valence-corrected chi connectivity index (χ4v) is 3.56. The number of carbonyl (C=O) groups is 1. The summed E-state index contributed by atoms with van der Waals surface area (Å²) >= 11 is 7.95. The molecule has 1 aromatic heterocycles. The average molecular weight is 359 g/mol. The van der Waals surface area contributed by atoms with Crippen LogP contribution >= 0.6 is 23.4 Å². The summed E-state index contributed by atoms with van der Waals surface area (Å²) in [5.74, 6) is 0.503. The van der Waals surface area contributed by atoms with E-state index in [1.54, 1.807) is 0 Å². The number of fused-ring (bicyclic) bond motifs is 1. The number of thioether (sulfide) groups is 1. The molecule has 0 saturated carbocycles. The minimum atomic E-state index is 0.000608. The van der Waals surface area contributed by atoms with Gasteiger partial charge in [0.15, 0.2) is 0 Å². The molecule has 2 N–H and O–H groups in total. The lowest BCUT2D eigenvalue weighted by Crippen LogP contribution is -2.30. The summed E-state index contributed by atoms with van der Waals surface area (Å²) in [7, 11) is 0. The van der Waals surface area contributed by atoms with Gasteiger partial charge in [0.25, 0.3) is 0 Å². The molecule has 1 atom stereocenters. The first-order valence-electron chi connectivity index (χ1n) is 7.76. The molecule has 124 valence electrons. The number of hydrogen-bond donors (Lipinski definition) is 2. The van der Waals surface area contributed by atoms with Crippen LogP contribution in [0.4, 0.5) is 0 Å². The van der Waals surface area contributed by atoms with Crippen molar-refractivity contribution in [3.63, 3.8) is 0 Å². The fraction of sp³-hybridized carbons (Fsp3) is 0.211. The third kappa shape index (κ3) is 3.60. The third-order valence-corrected chi connectivity index (χ3v) is 4.95. The molecule has 0 aliphatic carbocycles. The van der Waals surface area contributed by atoms with E-state index in [4.69, 9.17) is 11.6 Å². The molecule has 0 saturated heterocycles. The summed E-state index contributed by atoms with van der Waals surface area (Å²) in [6, 6.07) is 16.0. The monoisotopic (exact) mass is 358 g/mol. The summed E-state index contributed by atoms with van der Waals surface area (Å²) in [5.41, 5.74) is 3.25. The Balaban J connectivity index is 1.99. The van der Waals surface area contributed by atoms with Crippen molar-refractivity contribution in [3.05, 3.63) is 70.9 Å². The molecular weight excluding hydrogens is 340 g/mol. The first-order valence-corrected chi connectivity index (χ1v) is 9.54. The zero-order valence-corrected chi connectivity index (χ0v) is 15.0. The Morgan fingerprint density at radius 2 is 1.92 bits per heavy atom. The highest BCUT2D eigenvalue weighted by molar-refractivity contribution is 7.99. The fourth-order valence-electron chi connectivity index (χ4n) is 2.93. The molecule has 3 rings (SSSR count). The summed E-state index contributed by atoms with van der Waals surface area (Å²) in [6.45, 7) is 0.519. The van der Waals surface area contributed by atoms with Gasteiger partial charge in [-0.1, -0.05) is 48.0 Å². The number of para-hydroxylation sites is 1. The van der Waals surface area contributed by atoms with Gasteiger partial charge in [0, 0.05) is 34.6 Å². The smallest absolute Gasteiger partial charge is 0.230 e. The predicted octanol–water partition coefficient (Wildman–Crippen LogP) is 4.43. The van der Waals surface area contributed by atoms with Gasteiger partial charge >= 0.3 is 0 Å². The Bertz CT molecular complexity index is 846. The van der Waals surface area contributed by atoms with E-state index in [1.165, 1.54) is 11.8 Å². The van der Waals surface area contributed by atoms with Crippen LogP contribution in [0.15, 0.2) is 54.7 Å². The van der Waals surface area contributed by atoms with Gasteiger partial charge < -0.3 is 10.3 Å². The van der Waals surface area contributed by atoms with E-state index in [1.807, 2.05) is 48.9 Å². The molecule has 0 radical (unpaired) electrons. The number of nitrogens with one attached hydrogen (secondary N) is 2. The van der Waals surface area contributed by atoms with Crippen LogP contribution in [-0.2, 0) is 4.79 Å². The molecule has 0 spiro atoms. The summed E-state index contributed by atoms with van der Waals surface area (Å²) in [4.78, 5) is 15.2. The topological polar surface area (TPSA) is 44.9 Å². The van der Waals surface area contributed by atoms with Crippen molar-refractivity contribution in [2.75, 3.05) is 18.6 Å². The van der Waals surface area contributed by atoms with Crippen molar-refractivity contribution in [3.8, 4) is 0 Å². The molecule has 3 aromatic rings. The van der Waals surface area contributed by atoms with Crippen LogP contribution in [0.2, 0.25) is 5.02 Å². The van der Waals surface area contributed by atoms with Crippen molar-refractivity contribution >= 4 is 40.2 Å². The maximum Gasteiger partial charge on any atom is 0.230 e. The lowest BCUT2D eigenvalue weighted by atomic mass is 9.91. The Morgan fingerprint density at radius 3 is 2.71 bits per heavy atom. The maximum absolute atomic E-state index is 11.9. The van der Waals surface area contributed by atoms with E-state index in [-0.39, 0.29) is 11.8 Å². The third-order valence-electron chi connectivity index (χ3n) is 4.06. The minimum Gasteiger partial charge on any atom is -0.361 e. The summed E-state index contributed by atoms with van der Waals surface area (Å²) in [6.07, 6.45) is 3.93. The van der Waals surface area contributed by atoms with E-state index in [0.29, 0.717) is 17.3 Å². The maximum atomic E-state index is 11.9. The Kier molecular flexibility index (Phi) is 5.48. The van der Waals surface area contributed by atoms with Crippen LogP contribution in [0.3, 0.4) is 0 Å². The van der Waals surface area contributed by atoms with Gasteiger partial charge in [0.1, 0.15) is 0 Å². The normalized spacial score (nSPS) is 12.2. The van der Waals surface area contributed by atoms with Crippen molar-refractivity contribution < 1.29 is 4.79 Å². The molecule has 1 amide bonds. The number of carbonyl (C=O) groups excluding carboxylic acids is 1. The average Bonchev–Trinajstić information content (AvgIpc) is 3.01. The molecule has 0 unspecified atom stereocenters. The Labute approximate surface area is 150 Å². The van der Waals surface area contributed by atoms with Gasteiger partial charge in [-0.05, 0) is 29.5 Å². The molecule has 0 aliphatic heterocycles. The van der Waals surface area contributed by atoms with Crippen molar-refractivity contribution in [1.29, 1.82) is 0 Å². The first-order chi connectivity index (χ1) is 11.7. The van der Waals surface area contributed by atoms with Gasteiger partial charge in [-0.25, -0.2) is 0 Å². The van der Waals surface area contributed by atoms with Crippen LogP contribution in [-0.4, -0.2) is 29.4 Å². The largest absolute Gasteiger partial charge is 0.361 e. The summed E-state index contributed by atoms with van der Waals surface area (Å²) < 4.78 is 0. The van der Waals surface area contributed by atoms with Gasteiger partial charge in [-0.15, -0.1) is 0 Å². The van der Waals surface area contributed by atoms with Crippen molar-refractivity contribution in [2.45, 2.75) is 5.92 Å². The number of aromatic nitrogens is 1. The van der Waals surface area contributed by atoms with Gasteiger partial charge in [-0.2, -0.15) is 11.8 Å². The molecule has 2 aromatic carbocycles. The molecule has 0 fully saturated rings. The van der Waals surface area contributed by atoms with Crippen molar-refractivity contribution in [2.24, 2.45) is 0 Å². The number of benzene rings is 2. The molecular formula is C19H19ClN2OS. The number of rotatable bonds is 6. The van der Waals surface area contributed by atoms with Crippen LogP contribution in [0.5, 0.6) is 0 Å². The second-order valence-electron chi connectivity index (χ2n) is 5.60. The highest BCUT2D eigenvalue weighted by atomic mass is 35.5. The van der Waals surface area contributed by atoms with Crippen LogP contribution in [0.1, 0.15) is 17.0 Å². The minimum absolute atomic E-state index is 0.000608. The number of aromatic amines is 1. The molecule has 1 heterocycles. The zero-order chi connectivity index (χ0) is 16.9. The lowest BCUT2D eigenvalue weighted by molar-refractivity contribution is -0.118. The predicted molar refractivity (Wildman–Crippen MR) is 103 cm³/mol. The van der Waals surface area contributed by atoms with Crippen LogP contribution in [0, 0.1) is 0 Å². The summed E-state index contributed by atoms with van der Waals surface area (Å²) in [5, 5.41) is 4.90. The van der Waals surface area contributed by atoms with Gasteiger partial charge in [0.05, 0.1) is 5.75 Å². The van der Waals surface area contributed by atoms with E-state index in [2.05, 4.69) is 22.4 Å². The highest BCUT2D eigenvalue weighted by Gasteiger charge is 2.20. The number of hydrogen-bond acceptors (Lipinski definition) is 2. The molecule has 0 aliphatic rings. The van der Waals surface area contributed by atoms with E-state index in [9.17, 15) is 4.79 Å². The number of amides is 1. The van der Waals surface area contributed by atoms with E-state index in [0.717, 1.165) is 22.0 Å². The van der Waals surface area contributed by atoms with Gasteiger partial charge in [-0.3, -0.25) is 4.79 Å². The second-order valence-corrected chi connectivity index (χ2v) is 6.87.